The summed E-state index contributed by atoms with van der Waals surface area (Å²) < 4.78 is 0. The zero-order valence-electron chi connectivity index (χ0n) is 14.0. The number of hydrogen-bond donors (Lipinski definition) is 1. The van der Waals surface area contributed by atoms with Crippen LogP contribution in [0.3, 0.4) is 0 Å². The number of piperazine rings is 1. The molecule has 0 saturated carbocycles. The molecule has 22 heavy (non-hydrogen) atoms. The Morgan fingerprint density at radius 2 is 2.09 bits per heavy atom. The Hall–Kier alpha value is -1.84. The summed E-state index contributed by atoms with van der Waals surface area (Å²) >= 11 is 0. The Morgan fingerprint density at radius 1 is 1.36 bits per heavy atom. The average molecular weight is 302 g/mol. The molecule has 2 rings (SSSR count). The van der Waals surface area contributed by atoms with Crippen LogP contribution in [0.25, 0.3) is 0 Å². The van der Waals surface area contributed by atoms with Gasteiger partial charge in [0.2, 0.25) is 11.8 Å². The van der Waals surface area contributed by atoms with Crippen LogP contribution in [0.2, 0.25) is 0 Å². The highest BCUT2D eigenvalue weighted by Gasteiger charge is 2.34. The summed E-state index contributed by atoms with van der Waals surface area (Å²) in [6.45, 7) is 9.29. The van der Waals surface area contributed by atoms with E-state index >= 15 is 0 Å². The highest BCUT2D eigenvalue weighted by molar-refractivity contribution is 5.89. The van der Waals surface area contributed by atoms with Gasteiger partial charge in [0.1, 0.15) is 6.04 Å². The van der Waals surface area contributed by atoms with Crippen molar-refractivity contribution in [3.05, 3.63) is 34.9 Å². The second-order valence-corrected chi connectivity index (χ2v) is 6.50. The highest BCUT2D eigenvalue weighted by atomic mass is 16.2. The van der Waals surface area contributed by atoms with Crippen LogP contribution in [0, 0.1) is 19.8 Å². The van der Waals surface area contributed by atoms with Crippen LogP contribution in [0.1, 0.15) is 37.0 Å². The van der Waals surface area contributed by atoms with Gasteiger partial charge in [-0.3, -0.25) is 9.59 Å². The summed E-state index contributed by atoms with van der Waals surface area (Å²) in [6.07, 6.45) is 1.19. The molecule has 1 aromatic carbocycles. The van der Waals surface area contributed by atoms with Crippen LogP contribution < -0.4 is 5.32 Å². The van der Waals surface area contributed by atoms with E-state index in [0.29, 0.717) is 19.5 Å². The minimum atomic E-state index is -0.333. The van der Waals surface area contributed by atoms with E-state index in [1.165, 1.54) is 16.7 Å². The molecule has 1 N–H and O–H groups in total. The molecule has 1 fully saturated rings. The predicted molar refractivity (Wildman–Crippen MR) is 87.6 cm³/mol. The molecule has 1 unspecified atom stereocenters. The van der Waals surface area contributed by atoms with Gasteiger partial charge in [0.25, 0.3) is 0 Å². The molecule has 1 aliphatic rings. The minimum absolute atomic E-state index is 0.0267. The first-order valence-corrected chi connectivity index (χ1v) is 8.03. The molecule has 1 aromatic rings. The molecule has 0 aliphatic carbocycles. The number of benzene rings is 1. The van der Waals surface area contributed by atoms with Gasteiger partial charge in [-0.25, -0.2) is 0 Å². The summed E-state index contributed by atoms with van der Waals surface area (Å²) in [5.41, 5.74) is 3.67. The first kappa shape index (κ1) is 16.5. The van der Waals surface area contributed by atoms with Crippen LogP contribution >= 0.6 is 0 Å². The van der Waals surface area contributed by atoms with Crippen molar-refractivity contribution >= 4 is 11.8 Å². The number of hydrogen-bond acceptors (Lipinski definition) is 2. The Balaban J connectivity index is 2.03. The molecular weight excluding hydrogens is 276 g/mol. The molecule has 0 bridgehead atoms. The van der Waals surface area contributed by atoms with Gasteiger partial charge < -0.3 is 10.2 Å². The number of amides is 2. The van der Waals surface area contributed by atoms with Crippen molar-refractivity contribution in [1.29, 1.82) is 0 Å². The molecule has 0 radical (unpaired) electrons. The summed E-state index contributed by atoms with van der Waals surface area (Å²) in [7, 11) is 0. The van der Waals surface area contributed by atoms with E-state index in [-0.39, 0.29) is 23.8 Å². The van der Waals surface area contributed by atoms with Crippen molar-refractivity contribution in [2.75, 3.05) is 13.1 Å². The average Bonchev–Trinajstić information content (AvgIpc) is 2.45. The lowest BCUT2D eigenvalue weighted by Gasteiger charge is -2.37. The van der Waals surface area contributed by atoms with Gasteiger partial charge in [0, 0.05) is 19.5 Å². The molecule has 1 heterocycles. The fraction of sp³-hybridized carbons (Fsp3) is 0.556. The number of carbonyl (C=O) groups excluding carboxylic acids is 2. The molecule has 0 spiro atoms. The number of rotatable bonds is 4. The second-order valence-electron chi connectivity index (χ2n) is 6.50. The number of nitrogens with zero attached hydrogens (tertiary/aromatic N) is 1. The fourth-order valence-corrected chi connectivity index (χ4v) is 3.14. The van der Waals surface area contributed by atoms with Crippen LogP contribution in [-0.4, -0.2) is 35.8 Å². The Morgan fingerprint density at radius 3 is 2.73 bits per heavy atom. The topological polar surface area (TPSA) is 49.4 Å². The zero-order chi connectivity index (χ0) is 16.3. The van der Waals surface area contributed by atoms with Crippen molar-refractivity contribution in [3.63, 3.8) is 0 Å². The van der Waals surface area contributed by atoms with E-state index in [4.69, 9.17) is 0 Å². The maximum Gasteiger partial charge on any atom is 0.243 e. The molecule has 1 saturated heterocycles. The van der Waals surface area contributed by atoms with Crippen molar-refractivity contribution in [1.82, 2.24) is 10.2 Å². The third kappa shape index (κ3) is 3.67. The summed E-state index contributed by atoms with van der Waals surface area (Å²) in [5.74, 6) is 0.181. The first-order valence-electron chi connectivity index (χ1n) is 8.03. The quantitative estimate of drug-likeness (QED) is 0.927. The Kier molecular flexibility index (Phi) is 5.22. The van der Waals surface area contributed by atoms with Crippen LogP contribution in [0.4, 0.5) is 0 Å². The minimum Gasteiger partial charge on any atom is -0.353 e. The van der Waals surface area contributed by atoms with E-state index < -0.39 is 0 Å². The van der Waals surface area contributed by atoms with E-state index in [9.17, 15) is 9.59 Å². The zero-order valence-corrected chi connectivity index (χ0v) is 14.0. The van der Waals surface area contributed by atoms with Crippen molar-refractivity contribution in [2.24, 2.45) is 5.92 Å². The fourth-order valence-electron chi connectivity index (χ4n) is 3.14. The van der Waals surface area contributed by atoms with E-state index in [2.05, 4.69) is 37.4 Å². The van der Waals surface area contributed by atoms with Gasteiger partial charge in [0.15, 0.2) is 0 Å². The lowest BCUT2D eigenvalue weighted by Crippen LogP contribution is -2.59. The van der Waals surface area contributed by atoms with Gasteiger partial charge in [-0.2, -0.15) is 0 Å². The SMILES string of the molecule is Cc1ccc(CCC(=O)N2CCNC(=O)C2C(C)C)c(C)c1. The molecule has 2 amide bonds. The van der Waals surface area contributed by atoms with Crippen LogP contribution in [0.5, 0.6) is 0 Å². The number of nitrogens with one attached hydrogen (secondary N) is 1. The molecular formula is C18H26N2O2. The normalized spacial score (nSPS) is 18.5. The predicted octanol–water partition coefficient (Wildman–Crippen LogP) is 2.22. The number of carbonyl (C=O) groups is 2. The van der Waals surface area contributed by atoms with E-state index in [1.807, 2.05) is 13.8 Å². The van der Waals surface area contributed by atoms with Gasteiger partial charge in [-0.15, -0.1) is 0 Å². The Labute approximate surface area is 132 Å². The van der Waals surface area contributed by atoms with E-state index in [1.54, 1.807) is 4.90 Å². The van der Waals surface area contributed by atoms with Gasteiger partial charge in [-0.1, -0.05) is 37.6 Å². The molecule has 4 nitrogen and oxygen atoms in total. The van der Waals surface area contributed by atoms with E-state index in [0.717, 1.165) is 6.42 Å². The molecule has 120 valence electrons. The Bertz CT molecular complexity index is 566. The molecule has 1 aliphatic heterocycles. The highest BCUT2D eigenvalue weighted by Crippen LogP contribution is 2.18. The van der Waals surface area contributed by atoms with Gasteiger partial charge >= 0.3 is 0 Å². The lowest BCUT2D eigenvalue weighted by atomic mass is 9.97. The van der Waals surface area contributed by atoms with Crippen LogP contribution in [-0.2, 0) is 16.0 Å². The summed E-state index contributed by atoms with van der Waals surface area (Å²) in [6, 6.07) is 5.99. The summed E-state index contributed by atoms with van der Waals surface area (Å²) in [5, 5.41) is 2.85. The summed E-state index contributed by atoms with van der Waals surface area (Å²) in [4.78, 5) is 26.3. The molecule has 0 aromatic heterocycles. The van der Waals surface area contributed by atoms with Gasteiger partial charge in [0.05, 0.1) is 0 Å². The van der Waals surface area contributed by atoms with Crippen molar-refractivity contribution in [2.45, 2.75) is 46.6 Å². The van der Waals surface area contributed by atoms with Crippen molar-refractivity contribution in [3.8, 4) is 0 Å². The standard InChI is InChI=1S/C18H26N2O2/c1-12(2)17-18(22)19-9-10-20(17)16(21)8-7-15-6-5-13(3)11-14(15)4/h5-6,11-12,17H,7-10H2,1-4H3,(H,19,22). The molecule has 1 atom stereocenters. The largest absolute Gasteiger partial charge is 0.353 e. The third-order valence-electron chi connectivity index (χ3n) is 4.31. The second kappa shape index (κ2) is 6.95. The molecule has 4 heteroatoms. The number of aryl methyl sites for hydroxylation is 3. The maximum atomic E-state index is 12.6. The third-order valence-corrected chi connectivity index (χ3v) is 4.31. The smallest absolute Gasteiger partial charge is 0.243 e. The van der Waals surface area contributed by atoms with Crippen LogP contribution in [0.15, 0.2) is 18.2 Å². The maximum absolute atomic E-state index is 12.6. The lowest BCUT2D eigenvalue weighted by molar-refractivity contribution is -0.145. The van der Waals surface area contributed by atoms with Gasteiger partial charge in [-0.05, 0) is 37.3 Å². The monoisotopic (exact) mass is 302 g/mol. The first-order chi connectivity index (χ1) is 10.4. The van der Waals surface area contributed by atoms with Crippen molar-refractivity contribution < 1.29 is 9.59 Å².